The van der Waals surface area contributed by atoms with E-state index in [0.717, 1.165) is 4.52 Å². The van der Waals surface area contributed by atoms with Gasteiger partial charge in [0, 0.05) is 38.6 Å². The number of hydrogen-bond donors (Lipinski definition) is 0. The number of alkyl halides is 3. The van der Waals surface area contributed by atoms with Crippen molar-refractivity contribution < 1.29 is 13.2 Å². The average Bonchev–Trinajstić information content (AvgIpc) is 3.05. The molecule has 0 saturated carbocycles. The van der Waals surface area contributed by atoms with E-state index >= 15 is 0 Å². The quantitative estimate of drug-likeness (QED) is 0.637. The monoisotopic (exact) mass is 417 g/mol. The van der Waals surface area contributed by atoms with Crippen molar-refractivity contribution in [3.8, 4) is 0 Å². The lowest BCUT2D eigenvalue weighted by Crippen LogP contribution is -2.47. The van der Waals surface area contributed by atoms with Crippen molar-refractivity contribution in [3.63, 3.8) is 0 Å². The van der Waals surface area contributed by atoms with Crippen LogP contribution in [0.15, 0.2) is 24.5 Å². The van der Waals surface area contributed by atoms with E-state index in [-0.39, 0.29) is 5.65 Å². The first-order valence-electron chi connectivity index (χ1n) is 7.93. The van der Waals surface area contributed by atoms with E-state index in [4.69, 9.17) is 23.2 Å². The third-order valence-electron chi connectivity index (χ3n) is 4.25. The van der Waals surface area contributed by atoms with Crippen LogP contribution in [0.5, 0.6) is 0 Å². The van der Waals surface area contributed by atoms with Crippen LogP contribution >= 0.6 is 23.2 Å². The zero-order chi connectivity index (χ0) is 19.2. The molecule has 0 unspecified atom stereocenters. The number of aromatic nitrogens is 5. The third kappa shape index (κ3) is 3.34. The second-order valence-electron chi connectivity index (χ2n) is 5.91. The molecule has 1 saturated heterocycles. The SMILES string of the molecule is FC(F)(F)c1nnc2ccc(N3CCN(c4c(Cl)cncc4Cl)CC3)nn12. The molecule has 0 bridgehead atoms. The smallest absolute Gasteiger partial charge is 0.365 e. The molecule has 1 fully saturated rings. The summed E-state index contributed by atoms with van der Waals surface area (Å²) in [5.74, 6) is -0.729. The highest BCUT2D eigenvalue weighted by Gasteiger charge is 2.38. The Bertz CT molecular complexity index is 963. The van der Waals surface area contributed by atoms with Crippen LogP contribution in [0, 0.1) is 0 Å². The molecule has 3 aromatic rings. The largest absolute Gasteiger partial charge is 0.453 e. The molecule has 0 amide bonds. The van der Waals surface area contributed by atoms with Crippen molar-refractivity contribution in [3.05, 3.63) is 40.4 Å². The van der Waals surface area contributed by atoms with Gasteiger partial charge in [-0.05, 0) is 12.1 Å². The summed E-state index contributed by atoms with van der Waals surface area (Å²) in [7, 11) is 0. The van der Waals surface area contributed by atoms with Crippen LogP contribution in [0.4, 0.5) is 24.7 Å². The van der Waals surface area contributed by atoms with Crippen LogP contribution in [0.1, 0.15) is 5.82 Å². The highest BCUT2D eigenvalue weighted by Crippen LogP contribution is 2.33. The number of piperazine rings is 1. The standard InChI is InChI=1S/C15H12Cl2F3N7/c16-9-7-21-8-10(17)13(9)26-5-3-25(4-6-26)12-2-1-11-22-23-14(15(18,19)20)27(11)24-12/h1-2,7-8H,3-6H2. The fourth-order valence-electron chi connectivity index (χ4n) is 2.99. The van der Waals surface area contributed by atoms with Crippen LogP contribution in [0.2, 0.25) is 10.0 Å². The topological polar surface area (TPSA) is 62.5 Å². The van der Waals surface area contributed by atoms with Crippen molar-refractivity contribution in [2.24, 2.45) is 0 Å². The van der Waals surface area contributed by atoms with E-state index in [9.17, 15) is 13.2 Å². The number of hydrogen-bond acceptors (Lipinski definition) is 6. The summed E-state index contributed by atoms with van der Waals surface area (Å²) in [5, 5.41) is 11.7. The number of halogens is 5. The molecule has 0 aromatic carbocycles. The Kier molecular flexibility index (Phi) is 4.47. The minimum Gasteiger partial charge on any atom is -0.365 e. The minimum atomic E-state index is -4.63. The highest BCUT2D eigenvalue weighted by atomic mass is 35.5. The van der Waals surface area contributed by atoms with Gasteiger partial charge in [0.05, 0.1) is 15.7 Å². The Morgan fingerprint density at radius 3 is 2.15 bits per heavy atom. The van der Waals surface area contributed by atoms with Gasteiger partial charge >= 0.3 is 6.18 Å². The number of rotatable bonds is 2. The van der Waals surface area contributed by atoms with Crippen LogP contribution in [0.25, 0.3) is 5.65 Å². The van der Waals surface area contributed by atoms with Gasteiger partial charge in [0.15, 0.2) is 5.65 Å². The molecule has 12 heteroatoms. The van der Waals surface area contributed by atoms with Crippen molar-refractivity contribution in [2.75, 3.05) is 36.0 Å². The van der Waals surface area contributed by atoms with Gasteiger partial charge in [0.2, 0.25) is 0 Å². The van der Waals surface area contributed by atoms with Gasteiger partial charge in [0.1, 0.15) is 5.82 Å². The van der Waals surface area contributed by atoms with Gasteiger partial charge < -0.3 is 9.80 Å². The Morgan fingerprint density at radius 2 is 1.52 bits per heavy atom. The van der Waals surface area contributed by atoms with E-state index in [2.05, 4.69) is 20.3 Å². The molecule has 0 spiro atoms. The number of nitrogens with zero attached hydrogens (tertiary/aromatic N) is 7. The van der Waals surface area contributed by atoms with Crippen molar-refractivity contribution in [1.82, 2.24) is 24.8 Å². The Balaban J connectivity index is 1.56. The molecule has 0 N–H and O–H groups in total. The van der Waals surface area contributed by atoms with Gasteiger partial charge in [-0.3, -0.25) is 4.98 Å². The van der Waals surface area contributed by atoms with Crippen molar-refractivity contribution >= 4 is 40.4 Å². The molecule has 0 atom stereocenters. The normalized spacial score (nSPS) is 15.6. The first kappa shape index (κ1) is 18.1. The maximum atomic E-state index is 13.0. The van der Waals surface area contributed by atoms with Gasteiger partial charge in [-0.1, -0.05) is 23.2 Å². The Hall–Kier alpha value is -2.33. The van der Waals surface area contributed by atoms with E-state index in [1.807, 2.05) is 9.80 Å². The lowest BCUT2D eigenvalue weighted by molar-refractivity contribution is -0.146. The molecule has 4 heterocycles. The molecule has 142 valence electrons. The van der Waals surface area contributed by atoms with Crippen LogP contribution in [0.3, 0.4) is 0 Å². The molecule has 3 aromatic heterocycles. The molecular formula is C15H12Cl2F3N7. The minimum absolute atomic E-state index is 0.0417. The fraction of sp³-hybridized carbons (Fsp3) is 0.333. The van der Waals surface area contributed by atoms with Crippen molar-refractivity contribution in [2.45, 2.75) is 6.18 Å². The molecule has 4 rings (SSSR count). The molecule has 0 radical (unpaired) electrons. The summed E-state index contributed by atoms with van der Waals surface area (Å²) < 4.78 is 39.8. The Labute approximate surface area is 161 Å². The third-order valence-corrected chi connectivity index (χ3v) is 4.80. The first-order chi connectivity index (χ1) is 12.8. The average molecular weight is 418 g/mol. The summed E-state index contributed by atoms with van der Waals surface area (Å²) in [6.07, 6.45) is -1.58. The summed E-state index contributed by atoms with van der Waals surface area (Å²) in [4.78, 5) is 7.84. The second-order valence-corrected chi connectivity index (χ2v) is 6.72. The predicted molar refractivity (Wildman–Crippen MR) is 94.5 cm³/mol. The number of anilines is 2. The van der Waals surface area contributed by atoms with Crippen LogP contribution in [-0.2, 0) is 6.18 Å². The molecule has 1 aliphatic rings. The molecule has 7 nitrogen and oxygen atoms in total. The number of pyridine rings is 1. The van der Waals surface area contributed by atoms with E-state index in [1.54, 1.807) is 6.07 Å². The summed E-state index contributed by atoms with van der Waals surface area (Å²) in [6.45, 7) is 2.24. The van der Waals surface area contributed by atoms with E-state index in [0.29, 0.717) is 47.7 Å². The lowest BCUT2D eigenvalue weighted by Gasteiger charge is -2.37. The summed E-state index contributed by atoms with van der Waals surface area (Å²) in [5.41, 5.74) is 0.745. The molecule has 0 aliphatic carbocycles. The number of fused-ring (bicyclic) bond motifs is 1. The Morgan fingerprint density at radius 1 is 0.889 bits per heavy atom. The van der Waals surface area contributed by atoms with Crippen LogP contribution < -0.4 is 9.80 Å². The van der Waals surface area contributed by atoms with E-state index in [1.165, 1.54) is 18.5 Å². The zero-order valence-electron chi connectivity index (χ0n) is 13.7. The lowest BCUT2D eigenvalue weighted by atomic mass is 10.2. The predicted octanol–water partition coefficient (Wildman–Crippen LogP) is 3.17. The fourth-order valence-corrected chi connectivity index (χ4v) is 3.59. The van der Waals surface area contributed by atoms with Gasteiger partial charge in [-0.15, -0.1) is 15.3 Å². The summed E-state index contributed by atoms with van der Waals surface area (Å²) >= 11 is 12.4. The highest BCUT2D eigenvalue weighted by molar-refractivity contribution is 6.38. The van der Waals surface area contributed by atoms with E-state index < -0.39 is 12.0 Å². The maximum Gasteiger partial charge on any atom is 0.453 e. The van der Waals surface area contributed by atoms with Gasteiger partial charge in [0.25, 0.3) is 5.82 Å². The molecular weight excluding hydrogens is 406 g/mol. The van der Waals surface area contributed by atoms with Gasteiger partial charge in [-0.2, -0.15) is 17.7 Å². The second kappa shape index (κ2) is 6.68. The molecule has 1 aliphatic heterocycles. The maximum absolute atomic E-state index is 13.0. The summed E-state index contributed by atoms with van der Waals surface area (Å²) in [6, 6.07) is 3.10. The first-order valence-corrected chi connectivity index (χ1v) is 8.69. The van der Waals surface area contributed by atoms with Crippen LogP contribution in [-0.4, -0.2) is 51.0 Å². The molecule has 27 heavy (non-hydrogen) atoms. The van der Waals surface area contributed by atoms with Gasteiger partial charge in [-0.25, -0.2) is 0 Å². The zero-order valence-corrected chi connectivity index (χ0v) is 15.2. The van der Waals surface area contributed by atoms with Crippen molar-refractivity contribution in [1.29, 1.82) is 0 Å².